The van der Waals surface area contributed by atoms with E-state index in [4.69, 9.17) is 4.98 Å². The topological polar surface area (TPSA) is 24.9 Å². The van der Waals surface area contributed by atoms with Gasteiger partial charge in [-0.3, -0.25) is 0 Å². The summed E-state index contributed by atoms with van der Waals surface area (Å²) in [6, 6.07) is 2.64. The molecule has 2 heterocycles. The highest BCUT2D eigenvalue weighted by Crippen LogP contribution is 2.37. The Labute approximate surface area is 137 Å². The molecular formula is C15H21BrN2S2. The number of nitrogens with one attached hydrogen (secondary N) is 1. The number of rotatable bonds is 4. The van der Waals surface area contributed by atoms with Crippen LogP contribution in [-0.4, -0.2) is 11.0 Å². The molecule has 2 nitrogen and oxygen atoms in total. The Morgan fingerprint density at radius 1 is 1.35 bits per heavy atom. The molecule has 0 atom stereocenters. The molecular weight excluding hydrogens is 352 g/mol. The zero-order valence-electron chi connectivity index (χ0n) is 12.6. The quantitative estimate of drug-likeness (QED) is 0.773. The summed E-state index contributed by atoms with van der Waals surface area (Å²) < 4.78 is 1.13. The summed E-state index contributed by atoms with van der Waals surface area (Å²) in [5, 5.41) is 6.75. The molecule has 0 bridgehead atoms. The van der Waals surface area contributed by atoms with Gasteiger partial charge in [0.05, 0.1) is 10.6 Å². The predicted octanol–water partition coefficient (Wildman–Crippen LogP) is 5.43. The van der Waals surface area contributed by atoms with Crippen LogP contribution in [-0.2, 0) is 12.0 Å². The summed E-state index contributed by atoms with van der Waals surface area (Å²) >= 11 is 7.07. The van der Waals surface area contributed by atoms with Crippen LogP contribution < -0.4 is 5.32 Å². The largest absolute Gasteiger partial charge is 0.310 e. The van der Waals surface area contributed by atoms with Crippen LogP contribution in [0.1, 0.15) is 45.2 Å². The fraction of sp³-hybridized carbons (Fsp3) is 0.533. The number of hydrogen-bond donors (Lipinski definition) is 1. The van der Waals surface area contributed by atoms with Gasteiger partial charge in [-0.25, -0.2) is 4.98 Å². The van der Waals surface area contributed by atoms with Gasteiger partial charge in [-0.1, -0.05) is 34.6 Å². The maximum absolute atomic E-state index is 4.91. The first-order valence-electron chi connectivity index (χ1n) is 6.75. The second-order valence-electron chi connectivity index (χ2n) is 6.21. The first-order chi connectivity index (χ1) is 9.27. The van der Waals surface area contributed by atoms with Crippen molar-refractivity contribution in [2.75, 3.05) is 0 Å². The normalized spacial score (nSPS) is 12.3. The maximum Gasteiger partial charge on any atom is 0.134 e. The number of thiazole rings is 1. The smallest absolute Gasteiger partial charge is 0.134 e. The molecule has 110 valence electrons. The van der Waals surface area contributed by atoms with E-state index in [0.29, 0.717) is 6.04 Å². The highest BCUT2D eigenvalue weighted by Gasteiger charge is 2.24. The third kappa shape index (κ3) is 3.91. The Morgan fingerprint density at radius 3 is 2.55 bits per heavy atom. The standard InChI is InChI=1S/C15H21BrN2S2/c1-9(2)17-7-12-13(15(3,4)5)18-14(20-12)11-6-10(16)8-19-11/h6,8-9,17H,7H2,1-5H3. The molecule has 0 fully saturated rings. The molecule has 5 heteroatoms. The average molecular weight is 373 g/mol. The lowest BCUT2D eigenvalue weighted by Crippen LogP contribution is -2.23. The highest BCUT2D eigenvalue weighted by molar-refractivity contribution is 9.10. The van der Waals surface area contributed by atoms with Crippen molar-refractivity contribution in [1.29, 1.82) is 0 Å². The third-order valence-corrected chi connectivity index (χ3v) is 5.77. The summed E-state index contributed by atoms with van der Waals surface area (Å²) in [5.74, 6) is 0. The Kier molecular flexibility index (Phi) is 5.05. The van der Waals surface area contributed by atoms with Gasteiger partial charge in [0.1, 0.15) is 5.01 Å². The van der Waals surface area contributed by atoms with Crippen molar-refractivity contribution in [3.05, 3.63) is 26.5 Å². The molecule has 0 amide bonds. The summed E-state index contributed by atoms with van der Waals surface area (Å²) in [5.41, 5.74) is 1.30. The van der Waals surface area contributed by atoms with Gasteiger partial charge in [0, 0.05) is 32.7 Å². The summed E-state index contributed by atoms with van der Waals surface area (Å²) in [6.07, 6.45) is 0. The van der Waals surface area contributed by atoms with E-state index in [1.54, 1.807) is 11.3 Å². The van der Waals surface area contributed by atoms with Crippen molar-refractivity contribution in [2.24, 2.45) is 0 Å². The van der Waals surface area contributed by atoms with Gasteiger partial charge in [0.25, 0.3) is 0 Å². The monoisotopic (exact) mass is 372 g/mol. The van der Waals surface area contributed by atoms with E-state index in [-0.39, 0.29) is 5.41 Å². The van der Waals surface area contributed by atoms with Crippen LogP contribution in [0.2, 0.25) is 0 Å². The minimum atomic E-state index is 0.0806. The molecule has 20 heavy (non-hydrogen) atoms. The van der Waals surface area contributed by atoms with Crippen molar-refractivity contribution < 1.29 is 0 Å². The number of hydrogen-bond acceptors (Lipinski definition) is 4. The molecule has 2 aromatic heterocycles. The van der Waals surface area contributed by atoms with Crippen LogP contribution in [0.25, 0.3) is 9.88 Å². The minimum absolute atomic E-state index is 0.0806. The molecule has 1 N–H and O–H groups in total. The minimum Gasteiger partial charge on any atom is -0.310 e. The second-order valence-corrected chi connectivity index (χ2v) is 9.12. The first-order valence-corrected chi connectivity index (χ1v) is 9.24. The Morgan fingerprint density at radius 2 is 2.05 bits per heavy atom. The number of thiophene rings is 1. The van der Waals surface area contributed by atoms with Crippen LogP contribution >= 0.6 is 38.6 Å². The molecule has 0 saturated carbocycles. The Bertz CT molecular complexity index is 579. The van der Waals surface area contributed by atoms with E-state index in [1.807, 2.05) is 11.3 Å². The Hall–Kier alpha value is -0.230. The molecule has 0 unspecified atom stereocenters. The lowest BCUT2D eigenvalue weighted by molar-refractivity contribution is 0.546. The number of halogens is 1. The van der Waals surface area contributed by atoms with Crippen LogP contribution in [0.5, 0.6) is 0 Å². The van der Waals surface area contributed by atoms with Gasteiger partial charge >= 0.3 is 0 Å². The molecule has 0 aromatic carbocycles. The van der Waals surface area contributed by atoms with E-state index in [9.17, 15) is 0 Å². The van der Waals surface area contributed by atoms with Gasteiger partial charge in [-0.05, 0) is 22.0 Å². The predicted molar refractivity (Wildman–Crippen MR) is 93.8 cm³/mol. The molecule has 0 saturated heterocycles. The zero-order valence-corrected chi connectivity index (χ0v) is 15.8. The fourth-order valence-electron chi connectivity index (χ4n) is 1.88. The van der Waals surface area contributed by atoms with Crippen molar-refractivity contribution in [3.8, 4) is 9.88 Å². The molecule has 0 spiro atoms. The zero-order chi connectivity index (χ0) is 14.9. The molecule has 0 radical (unpaired) electrons. The average Bonchev–Trinajstić information content (AvgIpc) is 2.91. The van der Waals surface area contributed by atoms with Crippen molar-refractivity contribution in [1.82, 2.24) is 10.3 Å². The van der Waals surface area contributed by atoms with E-state index in [1.165, 1.54) is 15.4 Å². The lowest BCUT2D eigenvalue weighted by Gasteiger charge is -2.18. The summed E-state index contributed by atoms with van der Waals surface area (Å²) in [6.45, 7) is 11.9. The maximum atomic E-state index is 4.91. The molecule has 2 rings (SSSR count). The number of nitrogens with zero attached hydrogens (tertiary/aromatic N) is 1. The fourth-order valence-corrected chi connectivity index (χ4v) is 4.60. The van der Waals surface area contributed by atoms with E-state index in [0.717, 1.165) is 16.0 Å². The van der Waals surface area contributed by atoms with Crippen molar-refractivity contribution >= 4 is 38.6 Å². The van der Waals surface area contributed by atoms with Crippen LogP contribution in [0.15, 0.2) is 15.9 Å². The van der Waals surface area contributed by atoms with E-state index >= 15 is 0 Å². The molecule has 0 aliphatic heterocycles. The Balaban J connectivity index is 2.36. The summed E-state index contributed by atoms with van der Waals surface area (Å²) in [4.78, 5) is 7.50. The van der Waals surface area contributed by atoms with Crippen LogP contribution in [0, 0.1) is 0 Å². The van der Waals surface area contributed by atoms with Crippen LogP contribution in [0.4, 0.5) is 0 Å². The number of aromatic nitrogens is 1. The summed E-state index contributed by atoms with van der Waals surface area (Å²) in [7, 11) is 0. The molecule has 0 aliphatic rings. The van der Waals surface area contributed by atoms with Crippen LogP contribution in [0.3, 0.4) is 0 Å². The van der Waals surface area contributed by atoms with Gasteiger partial charge in [-0.15, -0.1) is 22.7 Å². The van der Waals surface area contributed by atoms with Gasteiger partial charge < -0.3 is 5.32 Å². The van der Waals surface area contributed by atoms with Crippen molar-refractivity contribution in [3.63, 3.8) is 0 Å². The first kappa shape index (κ1) is 16.1. The van der Waals surface area contributed by atoms with Crippen molar-refractivity contribution in [2.45, 2.75) is 52.6 Å². The van der Waals surface area contributed by atoms with Gasteiger partial charge in [0.15, 0.2) is 0 Å². The van der Waals surface area contributed by atoms with E-state index < -0.39 is 0 Å². The van der Waals surface area contributed by atoms with E-state index in [2.05, 4.69) is 67.3 Å². The highest BCUT2D eigenvalue weighted by atomic mass is 79.9. The lowest BCUT2D eigenvalue weighted by atomic mass is 9.91. The SMILES string of the molecule is CC(C)NCc1sc(-c2cc(Br)cs2)nc1C(C)(C)C. The third-order valence-electron chi connectivity index (χ3n) is 2.86. The van der Waals surface area contributed by atoms with Gasteiger partial charge in [0.2, 0.25) is 0 Å². The molecule has 2 aromatic rings. The second kappa shape index (κ2) is 6.26. The van der Waals surface area contributed by atoms with Gasteiger partial charge in [-0.2, -0.15) is 0 Å². The molecule has 0 aliphatic carbocycles.